The third kappa shape index (κ3) is 3.99. The summed E-state index contributed by atoms with van der Waals surface area (Å²) in [6.07, 6.45) is 0.305. The van der Waals surface area contributed by atoms with Crippen LogP contribution in [0.25, 0.3) is 0 Å². The molecule has 1 heterocycles. The molecule has 130 valence electrons. The zero-order valence-electron chi connectivity index (χ0n) is 13.3. The lowest BCUT2D eigenvalue weighted by atomic mass is 10.0. The second kappa shape index (κ2) is 7.40. The van der Waals surface area contributed by atoms with Crippen LogP contribution in [0.15, 0.2) is 18.2 Å². The first-order chi connectivity index (χ1) is 11.2. The van der Waals surface area contributed by atoms with Crippen LogP contribution in [0, 0.1) is 11.8 Å². The average Bonchev–Trinajstić information content (AvgIpc) is 2.84. The molecule has 0 spiro atoms. The number of halogens is 2. The van der Waals surface area contributed by atoms with Gasteiger partial charge in [-0.05, 0) is 30.5 Å². The molecule has 0 bridgehead atoms. The van der Waals surface area contributed by atoms with Gasteiger partial charge in [0.15, 0.2) is 0 Å². The van der Waals surface area contributed by atoms with E-state index in [1.54, 1.807) is 32.0 Å². The maximum absolute atomic E-state index is 12.5. The van der Waals surface area contributed by atoms with E-state index in [2.05, 4.69) is 5.32 Å². The van der Waals surface area contributed by atoms with Crippen molar-refractivity contribution < 1.29 is 19.5 Å². The monoisotopic (exact) mass is 372 g/mol. The molecule has 1 aromatic carbocycles. The largest absolute Gasteiger partial charge is 0.480 e. The van der Waals surface area contributed by atoms with Crippen molar-refractivity contribution >= 4 is 46.7 Å². The summed E-state index contributed by atoms with van der Waals surface area (Å²) in [4.78, 5) is 37.5. The molecule has 1 aliphatic rings. The second-order valence-electron chi connectivity index (χ2n) is 6.03. The van der Waals surface area contributed by atoms with Crippen molar-refractivity contribution in [2.45, 2.75) is 26.3 Å². The highest BCUT2D eigenvalue weighted by molar-refractivity contribution is 6.35. The van der Waals surface area contributed by atoms with E-state index >= 15 is 0 Å². The van der Waals surface area contributed by atoms with E-state index in [0.29, 0.717) is 28.7 Å². The molecule has 1 fully saturated rings. The predicted octanol–water partition coefficient (Wildman–Crippen LogP) is 2.57. The summed E-state index contributed by atoms with van der Waals surface area (Å²) in [6.45, 7) is 3.72. The standard InChI is InChI=1S/C16H18Cl2N2O4/c1-8(2)13(16(23)24)19-14(21)12-3-4-20(15(12)22)11-6-9(17)5-10(18)7-11/h5-8,12-13H,3-4H2,1-2H3,(H,19,21)(H,23,24)/t12-,13+/m0/s1. The van der Waals surface area contributed by atoms with Gasteiger partial charge >= 0.3 is 5.97 Å². The molecule has 8 heteroatoms. The predicted molar refractivity (Wildman–Crippen MR) is 91.3 cm³/mol. The third-order valence-corrected chi connectivity index (χ3v) is 4.35. The molecule has 2 amide bonds. The maximum atomic E-state index is 12.5. The highest BCUT2D eigenvalue weighted by Crippen LogP contribution is 2.30. The van der Waals surface area contributed by atoms with Crippen molar-refractivity contribution in [3.8, 4) is 0 Å². The summed E-state index contributed by atoms with van der Waals surface area (Å²) in [5.41, 5.74) is 0.520. The van der Waals surface area contributed by atoms with Crippen molar-refractivity contribution in [1.29, 1.82) is 0 Å². The lowest BCUT2D eigenvalue weighted by Crippen LogP contribution is -2.48. The summed E-state index contributed by atoms with van der Waals surface area (Å²) in [7, 11) is 0. The number of carboxylic acids is 1. The van der Waals surface area contributed by atoms with Gasteiger partial charge in [-0.15, -0.1) is 0 Å². The SMILES string of the molecule is CC(C)[C@@H](NC(=O)[C@@H]1CCN(c2cc(Cl)cc(Cl)c2)C1=O)C(=O)O. The third-order valence-electron chi connectivity index (χ3n) is 3.91. The molecule has 1 aliphatic heterocycles. The van der Waals surface area contributed by atoms with Crippen molar-refractivity contribution in [2.24, 2.45) is 11.8 Å². The number of carbonyl (C=O) groups excluding carboxylic acids is 2. The van der Waals surface area contributed by atoms with Crippen molar-refractivity contribution in [1.82, 2.24) is 5.32 Å². The number of aliphatic carboxylic acids is 1. The van der Waals surface area contributed by atoms with E-state index in [-0.39, 0.29) is 5.92 Å². The fourth-order valence-corrected chi connectivity index (χ4v) is 3.16. The minimum atomic E-state index is -1.12. The van der Waals surface area contributed by atoms with Crippen LogP contribution in [0.5, 0.6) is 0 Å². The van der Waals surface area contributed by atoms with Crippen LogP contribution in [0.3, 0.4) is 0 Å². The van der Waals surface area contributed by atoms with Crippen molar-refractivity contribution in [3.63, 3.8) is 0 Å². The minimum Gasteiger partial charge on any atom is -0.480 e. The van der Waals surface area contributed by atoms with Gasteiger partial charge in [0.2, 0.25) is 11.8 Å². The number of nitrogens with zero attached hydrogens (tertiary/aromatic N) is 1. The molecule has 0 unspecified atom stereocenters. The van der Waals surface area contributed by atoms with E-state index in [1.807, 2.05) is 0 Å². The fourth-order valence-electron chi connectivity index (χ4n) is 2.64. The van der Waals surface area contributed by atoms with Crippen LogP contribution in [0.1, 0.15) is 20.3 Å². The fraction of sp³-hybridized carbons (Fsp3) is 0.438. The van der Waals surface area contributed by atoms with Gasteiger partial charge in [-0.2, -0.15) is 0 Å². The van der Waals surface area contributed by atoms with Gasteiger partial charge in [0.25, 0.3) is 0 Å². The first kappa shape index (κ1) is 18.5. The van der Waals surface area contributed by atoms with Crippen molar-refractivity contribution in [2.75, 3.05) is 11.4 Å². The summed E-state index contributed by atoms with van der Waals surface area (Å²) >= 11 is 11.9. The molecule has 2 atom stereocenters. The van der Waals surface area contributed by atoms with Gasteiger partial charge in [-0.1, -0.05) is 37.0 Å². The Kier molecular flexibility index (Phi) is 5.72. The Morgan fingerprint density at radius 1 is 1.25 bits per heavy atom. The summed E-state index contributed by atoms with van der Waals surface area (Å²) < 4.78 is 0. The Labute approximate surface area is 149 Å². The number of rotatable bonds is 5. The Morgan fingerprint density at radius 3 is 2.33 bits per heavy atom. The van der Waals surface area contributed by atoms with E-state index < -0.39 is 29.7 Å². The highest BCUT2D eigenvalue weighted by atomic mass is 35.5. The summed E-state index contributed by atoms with van der Waals surface area (Å²) in [6, 6.07) is 3.72. The number of hydrogen-bond donors (Lipinski definition) is 2. The molecular formula is C16H18Cl2N2O4. The Morgan fingerprint density at radius 2 is 1.83 bits per heavy atom. The topological polar surface area (TPSA) is 86.7 Å². The summed E-state index contributed by atoms with van der Waals surface area (Å²) in [5.74, 6) is -3.29. The highest BCUT2D eigenvalue weighted by Gasteiger charge is 2.39. The number of benzene rings is 1. The van der Waals surface area contributed by atoms with Crippen LogP contribution >= 0.6 is 23.2 Å². The molecule has 0 aliphatic carbocycles. The average molecular weight is 373 g/mol. The number of carboxylic acid groups (broad SMARTS) is 1. The summed E-state index contributed by atoms with van der Waals surface area (Å²) in [5, 5.41) is 12.4. The van der Waals surface area contributed by atoms with E-state index in [4.69, 9.17) is 28.3 Å². The molecule has 0 saturated carbocycles. The van der Waals surface area contributed by atoms with E-state index in [9.17, 15) is 14.4 Å². The maximum Gasteiger partial charge on any atom is 0.326 e. The molecule has 24 heavy (non-hydrogen) atoms. The van der Waals surface area contributed by atoms with Gasteiger partial charge in [0.05, 0.1) is 0 Å². The van der Waals surface area contributed by atoms with Gasteiger partial charge in [0, 0.05) is 22.3 Å². The Balaban J connectivity index is 2.13. The van der Waals surface area contributed by atoms with Crippen LogP contribution in [-0.2, 0) is 14.4 Å². The van der Waals surface area contributed by atoms with E-state index in [1.165, 1.54) is 4.90 Å². The number of anilines is 1. The van der Waals surface area contributed by atoms with Crippen molar-refractivity contribution in [3.05, 3.63) is 28.2 Å². The van der Waals surface area contributed by atoms with Gasteiger partial charge in [-0.25, -0.2) is 4.79 Å². The van der Waals surface area contributed by atoms with Crippen LogP contribution < -0.4 is 10.2 Å². The first-order valence-electron chi connectivity index (χ1n) is 7.51. The quantitative estimate of drug-likeness (QED) is 0.777. The normalized spacial score (nSPS) is 18.8. The van der Waals surface area contributed by atoms with Gasteiger partial charge in [-0.3, -0.25) is 9.59 Å². The Hall–Kier alpha value is -1.79. The van der Waals surface area contributed by atoms with Crippen LogP contribution in [0.2, 0.25) is 10.0 Å². The zero-order valence-corrected chi connectivity index (χ0v) is 14.8. The molecular weight excluding hydrogens is 355 g/mol. The minimum absolute atomic E-state index is 0.286. The number of amides is 2. The first-order valence-corrected chi connectivity index (χ1v) is 8.27. The molecule has 2 rings (SSSR count). The molecule has 1 aromatic rings. The smallest absolute Gasteiger partial charge is 0.326 e. The number of carbonyl (C=O) groups is 3. The molecule has 6 nitrogen and oxygen atoms in total. The zero-order chi connectivity index (χ0) is 18.0. The van der Waals surface area contributed by atoms with Gasteiger partial charge < -0.3 is 15.3 Å². The molecule has 0 radical (unpaired) electrons. The Bertz CT molecular complexity index is 658. The molecule has 2 N–H and O–H groups in total. The van der Waals surface area contributed by atoms with Crippen LogP contribution in [-0.4, -0.2) is 35.5 Å². The number of nitrogens with one attached hydrogen (secondary N) is 1. The van der Waals surface area contributed by atoms with Crippen LogP contribution in [0.4, 0.5) is 5.69 Å². The lowest BCUT2D eigenvalue weighted by molar-refractivity contribution is -0.144. The number of hydrogen-bond acceptors (Lipinski definition) is 3. The molecule has 1 saturated heterocycles. The molecule has 0 aromatic heterocycles. The lowest BCUT2D eigenvalue weighted by Gasteiger charge is -2.20. The van der Waals surface area contributed by atoms with E-state index in [0.717, 1.165) is 0 Å². The second-order valence-corrected chi connectivity index (χ2v) is 6.90. The van der Waals surface area contributed by atoms with Gasteiger partial charge in [0.1, 0.15) is 12.0 Å².